The highest BCUT2D eigenvalue weighted by Crippen LogP contribution is 2.17. The second-order valence-corrected chi connectivity index (χ2v) is 5.58. The summed E-state index contributed by atoms with van der Waals surface area (Å²) in [6, 6.07) is 0.608. The van der Waals surface area contributed by atoms with E-state index in [1.165, 1.54) is 6.42 Å². The lowest BCUT2D eigenvalue weighted by Crippen LogP contribution is -2.47. The topological polar surface area (TPSA) is 61.4 Å². The van der Waals surface area contributed by atoms with Crippen LogP contribution in [0.25, 0.3) is 0 Å². The summed E-state index contributed by atoms with van der Waals surface area (Å²) in [5.74, 6) is -0.0469. The van der Waals surface area contributed by atoms with Crippen LogP contribution in [0.2, 0.25) is 0 Å². The fourth-order valence-electron chi connectivity index (χ4n) is 2.72. The molecule has 2 amide bonds. The molecule has 2 rings (SSSR count). The number of hydrogen-bond acceptors (Lipinski definition) is 3. The van der Waals surface area contributed by atoms with E-state index in [0.717, 1.165) is 19.5 Å². The van der Waals surface area contributed by atoms with Gasteiger partial charge in [0.15, 0.2) is 0 Å². The molecular weight excluding hydrogens is 230 g/mol. The molecule has 102 valence electrons. The van der Waals surface area contributed by atoms with Crippen molar-refractivity contribution in [3.63, 3.8) is 0 Å². The molecule has 2 aliphatic heterocycles. The molecule has 2 atom stereocenters. The predicted octanol–water partition coefficient (Wildman–Crippen LogP) is 0.112. The molecule has 2 unspecified atom stereocenters. The van der Waals surface area contributed by atoms with Crippen LogP contribution >= 0.6 is 0 Å². The molecule has 2 aliphatic rings. The van der Waals surface area contributed by atoms with E-state index in [9.17, 15) is 9.59 Å². The molecule has 0 spiro atoms. The average molecular weight is 253 g/mol. The number of carbonyl (C=O) groups excluding carboxylic acids is 2. The van der Waals surface area contributed by atoms with Gasteiger partial charge in [-0.05, 0) is 33.2 Å². The first-order chi connectivity index (χ1) is 8.58. The first kappa shape index (κ1) is 13.3. The first-order valence-corrected chi connectivity index (χ1v) is 6.88. The van der Waals surface area contributed by atoms with Gasteiger partial charge in [-0.25, -0.2) is 0 Å². The van der Waals surface area contributed by atoms with E-state index >= 15 is 0 Å². The molecule has 0 bridgehead atoms. The molecular formula is C13H23N3O2. The fourth-order valence-corrected chi connectivity index (χ4v) is 2.72. The van der Waals surface area contributed by atoms with Crippen molar-refractivity contribution in [1.29, 1.82) is 0 Å². The maximum Gasteiger partial charge on any atom is 0.228 e. The third kappa shape index (κ3) is 3.02. The van der Waals surface area contributed by atoms with Crippen LogP contribution < -0.4 is 10.6 Å². The second kappa shape index (κ2) is 5.69. The summed E-state index contributed by atoms with van der Waals surface area (Å²) >= 11 is 0. The minimum atomic E-state index is -0.165. The smallest absolute Gasteiger partial charge is 0.228 e. The van der Waals surface area contributed by atoms with Crippen LogP contribution in [-0.2, 0) is 9.59 Å². The van der Waals surface area contributed by atoms with E-state index in [1.54, 1.807) is 0 Å². The van der Waals surface area contributed by atoms with Gasteiger partial charge < -0.3 is 15.5 Å². The molecule has 18 heavy (non-hydrogen) atoms. The lowest BCUT2D eigenvalue weighted by atomic mass is 10.1. The molecule has 0 radical (unpaired) electrons. The maximum absolute atomic E-state index is 12.4. The van der Waals surface area contributed by atoms with E-state index in [1.807, 2.05) is 18.7 Å². The van der Waals surface area contributed by atoms with Crippen LogP contribution in [0.15, 0.2) is 0 Å². The first-order valence-electron chi connectivity index (χ1n) is 6.88. The third-order valence-electron chi connectivity index (χ3n) is 3.81. The van der Waals surface area contributed by atoms with Gasteiger partial charge in [0, 0.05) is 31.6 Å². The Morgan fingerprint density at radius 3 is 2.78 bits per heavy atom. The highest BCUT2D eigenvalue weighted by atomic mass is 16.2. The summed E-state index contributed by atoms with van der Waals surface area (Å²) in [5.41, 5.74) is 0. The molecule has 5 heteroatoms. The van der Waals surface area contributed by atoms with Gasteiger partial charge in [-0.1, -0.05) is 0 Å². The van der Waals surface area contributed by atoms with Gasteiger partial charge in [0.25, 0.3) is 0 Å². The van der Waals surface area contributed by atoms with E-state index < -0.39 is 0 Å². The number of amides is 2. The quantitative estimate of drug-likeness (QED) is 0.747. The zero-order valence-electron chi connectivity index (χ0n) is 11.2. The molecule has 0 saturated carbocycles. The highest BCUT2D eigenvalue weighted by molar-refractivity contribution is 5.89. The summed E-state index contributed by atoms with van der Waals surface area (Å²) in [6.45, 7) is 6.39. The van der Waals surface area contributed by atoms with Gasteiger partial charge in [-0.2, -0.15) is 0 Å². The van der Waals surface area contributed by atoms with Crippen LogP contribution in [0.3, 0.4) is 0 Å². The summed E-state index contributed by atoms with van der Waals surface area (Å²) in [6.07, 6.45) is 2.67. The lowest BCUT2D eigenvalue weighted by Gasteiger charge is -2.31. The second-order valence-electron chi connectivity index (χ2n) is 5.58. The van der Waals surface area contributed by atoms with Crippen LogP contribution in [0, 0.1) is 5.92 Å². The SMILES string of the molecule is CC(C)N(CC1CCCN1)C(=O)C1CNC(=O)C1. The Morgan fingerprint density at radius 1 is 1.50 bits per heavy atom. The van der Waals surface area contributed by atoms with E-state index in [-0.39, 0.29) is 23.8 Å². The number of hydrogen-bond donors (Lipinski definition) is 2. The Hall–Kier alpha value is -1.10. The maximum atomic E-state index is 12.4. The van der Waals surface area contributed by atoms with Crippen molar-refractivity contribution in [1.82, 2.24) is 15.5 Å². The third-order valence-corrected chi connectivity index (χ3v) is 3.81. The average Bonchev–Trinajstić information content (AvgIpc) is 2.95. The van der Waals surface area contributed by atoms with Crippen LogP contribution in [0.1, 0.15) is 33.1 Å². The van der Waals surface area contributed by atoms with E-state index in [2.05, 4.69) is 10.6 Å². The van der Waals surface area contributed by atoms with Gasteiger partial charge in [0.2, 0.25) is 11.8 Å². The molecule has 2 heterocycles. The Kier molecular flexibility index (Phi) is 4.22. The number of nitrogens with zero attached hydrogens (tertiary/aromatic N) is 1. The van der Waals surface area contributed by atoms with Gasteiger partial charge in [-0.15, -0.1) is 0 Å². The Morgan fingerprint density at radius 2 is 2.28 bits per heavy atom. The van der Waals surface area contributed by atoms with Crippen molar-refractivity contribution < 1.29 is 9.59 Å². The summed E-state index contributed by atoms with van der Waals surface area (Å²) in [5, 5.41) is 6.16. The predicted molar refractivity (Wildman–Crippen MR) is 69.0 cm³/mol. The largest absolute Gasteiger partial charge is 0.355 e. The number of carbonyl (C=O) groups is 2. The fraction of sp³-hybridized carbons (Fsp3) is 0.846. The van der Waals surface area contributed by atoms with Crippen LogP contribution in [0.4, 0.5) is 0 Å². The Bertz CT molecular complexity index is 324. The summed E-state index contributed by atoms with van der Waals surface area (Å²) in [7, 11) is 0. The van der Waals surface area contributed by atoms with Crippen molar-refractivity contribution >= 4 is 11.8 Å². The van der Waals surface area contributed by atoms with Gasteiger partial charge in [0.1, 0.15) is 0 Å². The Balaban J connectivity index is 1.95. The van der Waals surface area contributed by atoms with Crippen molar-refractivity contribution in [3.05, 3.63) is 0 Å². The molecule has 0 aliphatic carbocycles. The highest BCUT2D eigenvalue weighted by Gasteiger charge is 2.33. The molecule has 2 N–H and O–H groups in total. The molecule has 2 saturated heterocycles. The van der Waals surface area contributed by atoms with Gasteiger partial charge in [0.05, 0.1) is 5.92 Å². The zero-order chi connectivity index (χ0) is 13.1. The van der Waals surface area contributed by atoms with Gasteiger partial charge in [-0.3, -0.25) is 9.59 Å². The summed E-state index contributed by atoms with van der Waals surface area (Å²) in [4.78, 5) is 25.6. The molecule has 0 aromatic carbocycles. The van der Waals surface area contributed by atoms with E-state index in [4.69, 9.17) is 0 Å². The van der Waals surface area contributed by atoms with Crippen molar-refractivity contribution in [2.24, 2.45) is 5.92 Å². The summed E-state index contributed by atoms with van der Waals surface area (Å²) < 4.78 is 0. The van der Waals surface area contributed by atoms with Crippen molar-refractivity contribution in [2.75, 3.05) is 19.6 Å². The minimum absolute atomic E-state index is 0.00366. The molecule has 5 nitrogen and oxygen atoms in total. The standard InChI is InChI=1S/C13H23N3O2/c1-9(2)16(8-11-4-3-5-14-11)13(18)10-6-12(17)15-7-10/h9-11,14H,3-8H2,1-2H3,(H,15,17). The van der Waals surface area contributed by atoms with Crippen LogP contribution in [-0.4, -0.2) is 48.4 Å². The zero-order valence-corrected chi connectivity index (χ0v) is 11.2. The Labute approximate surface area is 108 Å². The molecule has 0 aromatic heterocycles. The van der Waals surface area contributed by atoms with Crippen molar-refractivity contribution in [3.8, 4) is 0 Å². The van der Waals surface area contributed by atoms with Crippen molar-refractivity contribution in [2.45, 2.75) is 45.2 Å². The van der Waals surface area contributed by atoms with E-state index in [0.29, 0.717) is 19.0 Å². The minimum Gasteiger partial charge on any atom is -0.355 e. The molecule has 2 fully saturated rings. The number of nitrogens with one attached hydrogen (secondary N) is 2. The molecule has 0 aromatic rings. The number of rotatable bonds is 4. The van der Waals surface area contributed by atoms with Gasteiger partial charge >= 0.3 is 0 Å². The normalized spacial score (nSPS) is 27.6. The van der Waals surface area contributed by atoms with Crippen LogP contribution in [0.5, 0.6) is 0 Å². The lowest BCUT2D eigenvalue weighted by molar-refractivity contribution is -0.137. The monoisotopic (exact) mass is 253 g/mol.